The van der Waals surface area contributed by atoms with E-state index in [0.29, 0.717) is 43.8 Å². The standard InChI is InChI=1S/C24H29ClN6O/c1-17(25)22(32)29-13-15-30(16-14-29)24-27-23-26-12-11-21(31(23)28-24)20-9-7-19(8-10-20)18-5-3-2-4-6-18/h7-12,17-18H,2-6,13-16H2,1H3/t17-/m1/s1. The highest BCUT2D eigenvalue weighted by molar-refractivity contribution is 6.30. The number of hydrogen-bond acceptors (Lipinski definition) is 5. The van der Waals surface area contributed by atoms with Crippen LogP contribution in [0.1, 0.15) is 50.5 Å². The molecule has 8 heteroatoms. The van der Waals surface area contributed by atoms with E-state index in [-0.39, 0.29) is 5.91 Å². The van der Waals surface area contributed by atoms with Crippen LogP contribution < -0.4 is 4.90 Å². The van der Waals surface area contributed by atoms with Gasteiger partial charge in [0.15, 0.2) is 0 Å². The van der Waals surface area contributed by atoms with Gasteiger partial charge >= 0.3 is 0 Å². The molecule has 7 nitrogen and oxygen atoms in total. The third-order valence-electron chi connectivity index (χ3n) is 6.73. The second-order valence-corrected chi connectivity index (χ2v) is 9.49. The molecule has 0 bridgehead atoms. The number of nitrogens with zero attached hydrogens (tertiary/aromatic N) is 6. The smallest absolute Gasteiger partial charge is 0.254 e. The number of aromatic nitrogens is 4. The highest BCUT2D eigenvalue weighted by atomic mass is 35.5. The molecule has 0 radical (unpaired) electrons. The minimum atomic E-state index is -0.494. The lowest BCUT2D eigenvalue weighted by Crippen LogP contribution is -2.50. The van der Waals surface area contributed by atoms with Gasteiger partial charge in [-0.3, -0.25) is 4.79 Å². The highest BCUT2D eigenvalue weighted by Gasteiger charge is 2.26. The van der Waals surface area contributed by atoms with E-state index in [1.807, 2.05) is 15.5 Å². The Bertz CT molecular complexity index is 1080. The SMILES string of the molecule is C[C@@H](Cl)C(=O)N1CCN(c2nc3nccc(-c4ccc(C5CCCCC5)cc4)n3n2)CC1. The minimum absolute atomic E-state index is 0.0186. The van der Waals surface area contributed by atoms with E-state index in [2.05, 4.69) is 39.1 Å². The van der Waals surface area contributed by atoms with Gasteiger partial charge in [0.25, 0.3) is 5.78 Å². The number of alkyl halides is 1. The number of rotatable bonds is 4. The van der Waals surface area contributed by atoms with E-state index in [9.17, 15) is 4.79 Å². The molecule has 32 heavy (non-hydrogen) atoms. The first-order valence-corrected chi connectivity index (χ1v) is 12.0. The van der Waals surface area contributed by atoms with E-state index < -0.39 is 5.38 Å². The lowest BCUT2D eigenvalue weighted by molar-refractivity contribution is -0.130. The highest BCUT2D eigenvalue weighted by Crippen LogP contribution is 2.33. The van der Waals surface area contributed by atoms with Crippen LogP contribution in [0, 0.1) is 0 Å². The van der Waals surface area contributed by atoms with Crippen molar-refractivity contribution in [3.05, 3.63) is 42.1 Å². The van der Waals surface area contributed by atoms with Crippen LogP contribution >= 0.6 is 11.6 Å². The molecule has 5 rings (SSSR count). The van der Waals surface area contributed by atoms with Crippen molar-refractivity contribution in [3.8, 4) is 11.3 Å². The van der Waals surface area contributed by atoms with Crippen LogP contribution in [0.2, 0.25) is 0 Å². The van der Waals surface area contributed by atoms with Gasteiger partial charge in [0.1, 0.15) is 5.38 Å². The van der Waals surface area contributed by atoms with Crippen molar-refractivity contribution < 1.29 is 4.79 Å². The Hall–Kier alpha value is -2.67. The summed E-state index contributed by atoms with van der Waals surface area (Å²) >= 11 is 5.96. The molecule has 1 saturated heterocycles. The van der Waals surface area contributed by atoms with Crippen LogP contribution in [-0.2, 0) is 4.79 Å². The largest absolute Gasteiger partial charge is 0.338 e. The van der Waals surface area contributed by atoms with Gasteiger partial charge in [-0.2, -0.15) is 9.50 Å². The third kappa shape index (κ3) is 4.18. The van der Waals surface area contributed by atoms with Gasteiger partial charge in [-0.25, -0.2) is 4.98 Å². The van der Waals surface area contributed by atoms with E-state index in [0.717, 1.165) is 11.3 Å². The van der Waals surface area contributed by atoms with E-state index in [1.165, 1.54) is 37.7 Å². The Balaban J connectivity index is 1.35. The molecule has 1 aliphatic heterocycles. The second kappa shape index (κ2) is 9.06. The number of benzene rings is 1. The van der Waals surface area contributed by atoms with E-state index in [4.69, 9.17) is 16.7 Å². The van der Waals surface area contributed by atoms with Crippen LogP contribution in [0.5, 0.6) is 0 Å². The molecule has 1 aliphatic carbocycles. The summed E-state index contributed by atoms with van der Waals surface area (Å²) in [5.74, 6) is 1.91. The fourth-order valence-corrected chi connectivity index (χ4v) is 5.01. The van der Waals surface area contributed by atoms with Gasteiger partial charge in [-0.15, -0.1) is 16.7 Å². The van der Waals surface area contributed by atoms with Crippen molar-refractivity contribution >= 4 is 29.2 Å². The number of fused-ring (bicyclic) bond motifs is 1. The summed E-state index contributed by atoms with van der Waals surface area (Å²) in [4.78, 5) is 25.1. The normalized spacial score (nSPS) is 18.8. The number of piperazine rings is 1. The fourth-order valence-electron chi connectivity index (χ4n) is 4.88. The van der Waals surface area contributed by atoms with Gasteiger partial charge in [0.2, 0.25) is 11.9 Å². The zero-order chi connectivity index (χ0) is 22.1. The van der Waals surface area contributed by atoms with Crippen LogP contribution in [0.15, 0.2) is 36.5 Å². The minimum Gasteiger partial charge on any atom is -0.338 e. The van der Waals surface area contributed by atoms with Gasteiger partial charge < -0.3 is 9.80 Å². The molecular weight excluding hydrogens is 424 g/mol. The number of anilines is 1. The van der Waals surface area contributed by atoms with Gasteiger partial charge in [0.05, 0.1) is 5.69 Å². The van der Waals surface area contributed by atoms with Crippen LogP contribution in [0.4, 0.5) is 5.95 Å². The number of hydrogen-bond donors (Lipinski definition) is 0. The molecule has 3 aromatic rings. The zero-order valence-electron chi connectivity index (χ0n) is 18.5. The molecule has 0 spiro atoms. The number of carbonyl (C=O) groups is 1. The van der Waals surface area contributed by atoms with Crippen molar-refractivity contribution in [2.24, 2.45) is 0 Å². The molecule has 2 aliphatic rings. The van der Waals surface area contributed by atoms with E-state index >= 15 is 0 Å². The summed E-state index contributed by atoms with van der Waals surface area (Å²) < 4.78 is 1.82. The van der Waals surface area contributed by atoms with Crippen molar-refractivity contribution in [2.45, 2.75) is 50.3 Å². The molecule has 3 heterocycles. The maximum absolute atomic E-state index is 12.1. The molecule has 1 amide bonds. The number of carbonyl (C=O) groups excluding carboxylic acids is 1. The Kier molecular flexibility index (Phi) is 6.00. The molecular formula is C24H29ClN6O. The molecule has 0 N–H and O–H groups in total. The Morgan fingerprint density at radius 2 is 1.75 bits per heavy atom. The molecule has 2 fully saturated rings. The second-order valence-electron chi connectivity index (χ2n) is 8.84. The summed E-state index contributed by atoms with van der Waals surface area (Å²) in [6.07, 6.45) is 8.44. The monoisotopic (exact) mass is 452 g/mol. The van der Waals surface area contributed by atoms with Crippen LogP contribution in [0.3, 0.4) is 0 Å². The van der Waals surface area contributed by atoms with Crippen molar-refractivity contribution in [1.29, 1.82) is 0 Å². The van der Waals surface area contributed by atoms with Gasteiger partial charge in [-0.05, 0) is 37.3 Å². The lowest BCUT2D eigenvalue weighted by Gasteiger charge is -2.34. The van der Waals surface area contributed by atoms with Crippen LogP contribution in [0.25, 0.3) is 17.0 Å². The molecule has 2 aromatic heterocycles. The van der Waals surface area contributed by atoms with Crippen molar-refractivity contribution in [1.82, 2.24) is 24.5 Å². The molecule has 0 unspecified atom stereocenters. The summed E-state index contributed by atoms with van der Waals surface area (Å²) in [7, 11) is 0. The van der Waals surface area contributed by atoms with Crippen molar-refractivity contribution in [2.75, 3.05) is 31.1 Å². The molecule has 1 aromatic carbocycles. The zero-order valence-corrected chi connectivity index (χ0v) is 19.2. The first-order valence-electron chi connectivity index (χ1n) is 11.6. The fraction of sp³-hybridized carbons (Fsp3) is 0.500. The summed E-state index contributed by atoms with van der Waals surface area (Å²) in [6, 6.07) is 10.9. The first kappa shape index (κ1) is 21.2. The number of amides is 1. The summed E-state index contributed by atoms with van der Waals surface area (Å²) in [6.45, 7) is 4.31. The first-order chi connectivity index (χ1) is 15.6. The topological polar surface area (TPSA) is 66.6 Å². The van der Waals surface area contributed by atoms with E-state index in [1.54, 1.807) is 13.1 Å². The Labute approximate surface area is 193 Å². The van der Waals surface area contributed by atoms with Crippen LogP contribution in [-0.4, -0.2) is 61.9 Å². The maximum atomic E-state index is 12.1. The Morgan fingerprint density at radius 1 is 1.03 bits per heavy atom. The average molecular weight is 453 g/mol. The third-order valence-corrected chi connectivity index (χ3v) is 6.91. The van der Waals surface area contributed by atoms with Crippen molar-refractivity contribution in [3.63, 3.8) is 0 Å². The summed E-state index contributed by atoms with van der Waals surface area (Å²) in [5, 5.41) is 4.28. The quantitative estimate of drug-likeness (QED) is 0.557. The predicted molar refractivity (Wildman–Crippen MR) is 126 cm³/mol. The predicted octanol–water partition coefficient (Wildman–Crippen LogP) is 4.11. The molecule has 1 saturated carbocycles. The molecule has 1 atom stereocenters. The Morgan fingerprint density at radius 3 is 2.44 bits per heavy atom. The number of halogens is 1. The van der Waals surface area contributed by atoms with Gasteiger partial charge in [-0.1, -0.05) is 43.5 Å². The average Bonchev–Trinajstić information content (AvgIpc) is 3.29. The maximum Gasteiger partial charge on any atom is 0.254 e. The molecule has 168 valence electrons. The summed E-state index contributed by atoms with van der Waals surface area (Å²) in [5.41, 5.74) is 3.53. The lowest BCUT2D eigenvalue weighted by atomic mass is 9.84. The van der Waals surface area contributed by atoms with Gasteiger partial charge in [0, 0.05) is 37.9 Å².